The van der Waals surface area contributed by atoms with Crippen molar-refractivity contribution in [2.75, 3.05) is 4.72 Å². The summed E-state index contributed by atoms with van der Waals surface area (Å²) in [5.74, 6) is -0.994. The van der Waals surface area contributed by atoms with Gasteiger partial charge in [0.1, 0.15) is 4.21 Å². The minimum Gasteiger partial charge on any atom is -0.481 e. The lowest BCUT2D eigenvalue weighted by Gasteiger charge is -2.07. The summed E-state index contributed by atoms with van der Waals surface area (Å²) in [6.45, 7) is 1.70. The van der Waals surface area contributed by atoms with Crippen molar-refractivity contribution in [3.05, 3.63) is 41.0 Å². The van der Waals surface area contributed by atoms with Crippen molar-refractivity contribution < 1.29 is 18.3 Å². The topological polar surface area (TPSA) is 96.4 Å². The minimum atomic E-state index is -3.72. The molecule has 2 aromatic heterocycles. The molecule has 0 bridgehead atoms. The van der Waals surface area contributed by atoms with Crippen molar-refractivity contribution in [3.63, 3.8) is 0 Å². The van der Waals surface area contributed by atoms with Crippen LogP contribution in [0.15, 0.2) is 34.7 Å². The number of nitrogens with zero attached hydrogens (tertiary/aromatic N) is 1. The molecule has 8 heteroatoms. The van der Waals surface area contributed by atoms with Crippen LogP contribution >= 0.6 is 11.3 Å². The van der Waals surface area contributed by atoms with Crippen LogP contribution < -0.4 is 4.72 Å². The summed E-state index contributed by atoms with van der Waals surface area (Å²) in [5.41, 5.74) is 0.971. The van der Waals surface area contributed by atoms with Gasteiger partial charge in [0.15, 0.2) is 0 Å². The van der Waals surface area contributed by atoms with Gasteiger partial charge in [-0.25, -0.2) is 8.42 Å². The number of rotatable bonds is 5. The third-order valence-corrected chi connectivity index (χ3v) is 5.42. The second kappa shape index (κ2) is 5.59. The zero-order valence-corrected chi connectivity index (χ0v) is 12.2. The molecule has 0 aliphatic rings. The highest BCUT2D eigenvalue weighted by Crippen LogP contribution is 2.25. The molecule has 0 aliphatic carbocycles. The van der Waals surface area contributed by atoms with Gasteiger partial charge in [-0.3, -0.25) is 14.5 Å². The molecule has 0 atom stereocenters. The van der Waals surface area contributed by atoms with Gasteiger partial charge in [-0.1, -0.05) is 0 Å². The van der Waals surface area contributed by atoms with Gasteiger partial charge in [0, 0.05) is 11.1 Å². The van der Waals surface area contributed by atoms with Gasteiger partial charge in [-0.2, -0.15) is 0 Å². The maximum atomic E-state index is 12.2. The number of aromatic nitrogens is 1. The number of carbonyl (C=O) groups is 1. The van der Waals surface area contributed by atoms with Crippen molar-refractivity contribution >= 4 is 33.0 Å². The fraction of sp³-hybridized carbons (Fsp3) is 0.167. The van der Waals surface area contributed by atoms with Crippen molar-refractivity contribution in [3.8, 4) is 0 Å². The highest BCUT2D eigenvalue weighted by Gasteiger charge is 2.18. The number of hydrogen-bond acceptors (Lipinski definition) is 5. The first kappa shape index (κ1) is 14.5. The number of aryl methyl sites for hydroxylation is 1. The van der Waals surface area contributed by atoms with Crippen LogP contribution in [-0.4, -0.2) is 24.5 Å². The molecule has 2 N–H and O–H groups in total. The third kappa shape index (κ3) is 3.34. The monoisotopic (exact) mass is 312 g/mol. The molecule has 0 aliphatic heterocycles. The van der Waals surface area contributed by atoms with Crippen molar-refractivity contribution in [2.24, 2.45) is 0 Å². The summed E-state index contributed by atoms with van der Waals surface area (Å²) >= 11 is 0.942. The van der Waals surface area contributed by atoms with E-state index in [-0.39, 0.29) is 10.6 Å². The molecule has 0 amide bonds. The Morgan fingerprint density at radius 2 is 2.15 bits per heavy atom. The Hall–Kier alpha value is -1.93. The molecule has 2 heterocycles. The Morgan fingerprint density at radius 1 is 1.40 bits per heavy atom. The van der Waals surface area contributed by atoms with Crippen LogP contribution in [0.5, 0.6) is 0 Å². The molecular formula is C12H12N2O4S2. The largest absolute Gasteiger partial charge is 0.481 e. The van der Waals surface area contributed by atoms with E-state index in [0.29, 0.717) is 16.3 Å². The number of thiophene rings is 1. The number of aliphatic carboxylic acids is 1. The molecule has 6 nitrogen and oxygen atoms in total. The second-order valence-corrected chi connectivity index (χ2v) is 7.11. The number of nitrogens with one attached hydrogen (secondary N) is 1. The lowest BCUT2D eigenvalue weighted by atomic mass is 10.3. The molecule has 2 aromatic rings. The first-order chi connectivity index (χ1) is 9.38. The number of hydrogen-bond donors (Lipinski definition) is 2. The van der Waals surface area contributed by atoms with Crippen molar-refractivity contribution in [2.45, 2.75) is 17.6 Å². The average Bonchev–Trinajstić information content (AvgIpc) is 2.80. The van der Waals surface area contributed by atoms with E-state index in [9.17, 15) is 13.2 Å². The first-order valence-corrected chi connectivity index (χ1v) is 7.93. The molecular weight excluding hydrogens is 300 g/mol. The number of carboxylic acid groups (broad SMARTS) is 1. The van der Waals surface area contributed by atoms with Crippen molar-refractivity contribution in [1.29, 1.82) is 0 Å². The normalized spacial score (nSPS) is 11.2. The van der Waals surface area contributed by atoms with Crippen molar-refractivity contribution in [1.82, 2.24) is 4.98 Å². The summed E-state index contributed by atoms with van der Waals surface area (Å²) in [5, 5.41) is 8.68. The van der Waals surface area contributed by atoms with Gasteiger partial charge in [-0.15, -0.1) is 11.3 Å². The van der Waals surface area contributed by atoms with Crippen LogP contribution in [-0.2, 0) is 21.2 Å². The predicted molar refractivity (Wildman–Crippen MR) is 75.4 cm³/mol. The third-order valence-electron chi connectivity index (χ3n) is 2.48. The summed E-state index contributed by atoms with van der Waals surface area (Å²) in [7, 11) is -3.72. The molecule has 0 fully saturated rings. The van der Waals surface area contributed by atoms with Crippen LogP contribution in [0.1, 0.15) is 10.6 Å². The van der Waals surface area contributed by atoms with Gasteiger partial charge >= 0.3 is 5.97 Å². The zero-order valence-electron chi connectivity index (χ0n) is 10.5. The lowest BCUT2D eigenvalue weighted by Crippen LogP contribution is -2.12. The Bertz CT molecular complexity index is 737. The molecule has 20 heavy (non-hydrogen) atoms. The SMILES string of the molecule is Cc1ncccc1NS(=O)(=O)c1ccc(CC(=O)O)s1. The summed E-state index contributed by atoms with van der Waals surface area (Å²) in [6.07, 6.45) is 1.38. The predicted octanol–water partition coefficient (Wildman–Crippen LogP) is 1.88. The molecule has 0 saturated carbocycles. The molecule has 0 unspecified atom stereocenters. The van der Waals surface area contributed by atoms with Crippen LogP contribution in [0.25, 0.3) is 0 Å². The van der Waals surface area contributed by atoms with E-state index >= 15 is 0 Å². The highest BCUT2D eigenvalue weighted by molar-refractivity contribution is 7.94. The van der Waals surface area contributed by atoms with E-state index in [0.717, 1.165) is 11.3 Å². The molecule has 106 valence electrons. The van der Waals surface area contributed by atoms with Crippen LogP contribution in [0.3, 0.4) is 0 Å². The number of sulfonamides is 1. The zero-order chi connectivity index (χ0) is 14.8. The molecule has 0 radical (unpaired) electrons. The van der Waals surface area contributed by atoms with E-state index in [1.165, 1.54) is 12.1 Å². The smallest absolute Gasteiger partial charge is 0.308 e. The molecule has 0 spiro atoms. The van der Waals surface area contributed by atoms with Gasteiger partial charge in [0.25, 0.3) is 10.0 Å². The average molecular weight is 312 g/mol. The Morgan fingerprint density at radius 3 is 2.80 bits per heavy atom. The van der Waals surface area contributed by atoms with Crippen LogP contribution in [0, 0.1) is 6.92 Å². The van der Waals surface area contributed by atoms with Gasteiger partial charge in [0.2, 0.25) is 0 Å². The number of pyridine rings is 1. The highest BCUT2D eigenvalue weighted by atomic mass is 32.2. The van der Waals surface area contributed by atoms with E-state index in [1.54, 1.807) is 25.3 Å². The fourth-order valence-electron chi connectivity index (χ4n) is 1.53. The summed E-state index contributed by atoms with van der Waals surface area (Å²) < 4.78 is 26.9. The van der Waals surface area contributed by atoms with E-state index in [1.807, 2.05) is 0 Å². The van der Waals surface area contributed by atoms with Crippen LogP contribution in [0.2, 0.25) is 0 Å². The summed E-state index contributed by atoms with van der Waals surface area (Å²) in [4.78, 5) is 15.1. The maximum absolute atomic E-state index is 12.2. The lowest BCUT2D eigenvalue weighted by molar-refractivity contribution is -0.136. The first-order valence-electron chi connectivity index (χ1n) is 5.63. The fourth-order valence-corrected chi connectivity index (χ4v) is 4.00. The molecule has 0 aromatic carbocycles. The quantitative estimate of drug-likeness (QED) is 0.878. The minimum absolute atomic E-state index is 0.0806. The maximum Gasteiger partial charge on any atom is 0.308 e. The van der Waals surface area contributed by atoms with Crippen LogP contribution in [0.4, 0.5) is 5.69 Å². The Balaban J connectivity index is 2.25. The summed E-state index contributed by atoms with van der Waals surface area (Å²) in [6, 6.07) is 6.15. The van der Waals surface area contributed by atoms with Gasteiger partial charge in [-0.05, 0) is 31.2 Å². The number of carboxylic acids is 1. The van der Waals surface area contributed by atoms with E-state index < -0.39 is 16.0 Å². The van der Waals surface area contributed by atoms with E-state index in [4.69, 9.17) is 5.11 Å². The Labute approximate surface area is 120 Å². The Kier molecular flexibility index (Phi) is 4.05. The number of anilines is 1. The van der Waals surface area contributed by atoms with Gasteiger partial charge in [0.05, 0.1) is 17.8 Å². The van der Waals surface area contributed by atoms with E-state index in [2.05, 4.69) is 9.71 Å². The second-order valence-electron chi connectivity index (χ2n) is 4.03. The molecule has 2 rings (SSSR count). The molecule has 0 saturated heterocycles. The standard InChI is InChI=1S/C12H12N2O4S2/c1-8-10(3-2-6-13-8)14-20(17,18)12-5-4-9(19-12)7-11(15)16/h2-6,14H,7H2,1H3,(H,15,16). The van der Waals surface area contributed by atoms with Gasteiger partial charge < -0.3 is 5.11 Å².